The highest BCUT2D eigenvalue weighted by atomic mass is 16.1. The van der Waals surface area contributed by atoms with Crippen molar-refractivity contribution in [2.75, 3.05) is 6.54 Å². The second kappa shape index (κ2) is 6.30. The molecule has 1 unspecified atom stereocenters. The second-order valence-corrected chi connectivity index (χ2v) is 3.70. The first-order valence-corrected chi connectivity index (χ1v) is 5.37. The summed E-state index contributed by atoms with van der Waals surface area (Å²) in [6.45, 7) is 4.97. The van der Waals surface area contributed by atoms with Crippen molar-refractivity contribution < 1.29 is 4.79 Å². The van der Waals surface area contributed by atoms with Crippen LogP contribution in [0.25, 0.3) is 0 Å². The summed E-state index contributed by atoms with van der Waals surface area (Å²) in [5.74, 6) is 0.238. The topological polar surface area (TPSA) is 42.0 Å². The van der Waals surface area contributed by atoms with Crippen molar-refractivity contribution in [2.45, 2.75) is 32.7 Å². The van der Waals surface area contributed by atoms with Gasteiger partial charge < -0.3 is 5.32 Å². The maximum atomic E-state index is 11.6. The van der Waals surface area contributed by atoms with Crippen molar-refractivity contribution in [1.82, 2.24) is 10.3 Å². The van der Waals surface area contributed by atoms with E-state index in [0.717, 1.165) is 12.2 Å². The van der Waals surface area contributed by atoms with Crippen molar-refractivity contribution >= 4 is 5.78 Å². The Kier molecular flexibility index (Phi) is 4.98. The van der Waals surface area contributed by atoms with Crippen LogP contribution in [0.2, 0.25) is 0 Å². The molecule has 0 saturated carbocycles. The molecule has 0 spiro atoms. The lowest BCUT2D eigenvalue weighted by atomic mass is 10.1. The van der Waals surface area contributed by atoms with Crippen molar-refractivity contribution in [1.29, 1.82) is 0 Å². The third-order valence-electron chi connectivity index (χ3n) is 2.19. The van der Waals surface area contributed by atoms with Crippen LogP contribution in [0.4, 0.5) is 0 Å². The van der Waals surface area contributed by atoms with Gasteiger partial charge in [0, 0.05) is 30.8 Å². The maximum absolute atomic E-state index is 11.6. The average Bonchev–Trinajstić information content (AvgIpc) is 2.19. The molecule has 0 aliphatic rings. The van der Waals surface area contributed by atoms with Gasteiger partial charge in [-0.15, -0.1) is 0 Å². The molecule has 0 radical (unpaired) electrons. The molecule has 0 bridgehead atoms. The summed E-state index contributed by atoms with van der Waals surface area (Å²) in [5, 5.41) is 3.22. The van der Waals surface area contributed by atoms with Gasteiger partial charge in [-0.3, -0.25) is 9.78 Å². The molecule has 0 aliphatic carbocycles. The first kappa shape index (κ1) is 11.9. The highest BCUT2D eigenvalue weighted by molar-refractivity contribution is 5.80. The molecule has 0 saturated heterocycles. The molecule has 1 heterocycles. The highest BCUT2D eigenvalue weighted by Gasteiger charge is 2.08. The largest absolute Gasteiger partial charge is 0.314 e. The Labute approximate surface area is 90.9 Å². The zero-order chi connectivity index (χ0) is 11.1. The molecule has 0 aliphatic heterocycles. The summed E-state index contributed by atoms with van der Waals surface area (Å²) in [5.41, 5.74) is 0.853. The monoisotopic (exact) mass is 206 g/mol. The van der Waals surface area contributed by atoms with Crippen molar-refractivity contribution in [3.63, 3.8) is 0 Å². The standard InChI is InChI=1S/C12H18N2O/c1-3-13-10(2)8-12(15)9-11-6-4-5-7-14-11/h4-7,10,13H,3,8-9H2,1-2H3. The quantitative estimate of drug-likeness (QED) is 0.768. The Morgan fingerprint density at radius 2 is 2.33 bits per heavy atom. The summed E-state index contributed by atoms with van der Waals surface area (Å²) >= 11 is 0. The van der Waals surface area contributed by atoms with E-state index < -0.39 is 0 Å². The van der Waals surface area contributed by atoms with E-state index in [2.05, 4.69) is 10.3 Å². The Morgan fingerprint density at radius 3 is 2.93 bits per heavy atom. The molecule has 0 aromatic carbocycles. The van der Waals surface area contributed by atoms with Crippen LogP contribution in [-0.2, 0) is 11.2 Å². The SMILES string of the molecule is CCNC(C)CC(=O)Cc1ccccn1. The molecule has 1 N–H and O–H groups in total. The van der Waals surface area contributed by atoms with Crippen LogP contribution >= 0.6 is 0 Å². The molecule has 3 nitrogen and oxygen atoms in total. The Hall–Kier alpha value is -1.22. The summed E-state index contributed by atoms with van der Waals surface area (Å²) in [6, 6.07) is 5.90. The molecule has 0 amide bonds. The average molecular weight is 206 g/mol. The van der Waals surface area contributed by atoms with E-state index in [4.69, 9.17) is 0 Å². The molecular weight excluding hydrogens is 188 g/mol. The van der Waals surface area contributed by atoms with Gasteiger partial charge in [-0.25, -0.2) is 0 Å². The van der Waals surface area contributed by atoms with Gasteiger partial charge in [0.15, 0.2) is 0 Å². The molecular formula is C12H18N2O. The van der Waals surface area contributed by atoms with Crippen molar-refractivity contribution in [3.8, 4) is 0 Å². The number of nitrogens with zero attached hydrogens (tertiary/aromatic N) is 1. The number of Topliss-reactive ketones (excluding diaryl/α,β-unsaturated/α-hetero) is 1. The number of rotatable bonds is 6. The molecule has 15 heavy (non-hydrogen) atoms. The van der Waals surface area contributed by atoms with Crippen LogP contribution in [0.5, 0.6) is 0 Å². The lowest BCUT2D eigenvalue weighted by Gasteiger charge is -2.10. The maximum Gasteiger partial charge on any atom is 0.140 e. The lowest BCUT2D eigenvalue weighted by Crippen LogP contribution is -2.28. The Balaban J connectivity index is 2.36. The number of hydrogen-bond acceptors (Lipinski definition) is 3. The normalized spacial score (nSPS) is 12.4. The van der Waals surface area contributed by atoms with Crippen molar-refractivity contribution in [3.05, 3.63) is 30.1 Å². The van der Waals surface area contributed by atoms with E-state index in [1.165, 1.54) is 0 Å². The molecule has 82 valence electrons. The predicted molar refractivity (Wildman–Crippen MR) is 60.7 cm³/mol. The van der Waals surface area contributed by atoms with Crippen LogP contribution in [0.3, 0.4) is 0 Å². The molecule has 0 fully saturated rings. The minimum atomic E-state index is 0.238. The molecule has 3 heteroatoms. The molecule has 1 aromatic heterocycles. The Bertz CT molecular complexity index is 298. The van der Waals surface area contributed by atoms with Gasteiger partial charge in [0.1, 0.15) is 5.78 Å². The zero-order valence-electron chi connectivity index (χ0n) is 9.36. The first-order chi connectivity index (χ1) is 7.22. The van der Waals surface area contributed by atoms with Crippen LogP contribution < -0.4 is 5.32 Å². The molecule has 1 aromatic rings. The fourth-order valence-electron chi connectivity index (χ4n) is 1.54. The summed E-state index contributed by atoms with van der Waals surface area (Å²) in [6.07, 6.45) is 2.73. The highest BCUT2D eigenvalue weighted by Crippen LogP contribution is 2.00. The van der Waals surface area contributed by atoms with Gasteiger partial charge in [-0.05, 0) is 25.6 Å². The minimum absolute atomic E-state index is 0.238. The van der Waals surface area contributed by atoms with Gasteiger partial charge in [0.25, 0.3) is 0 Å². The van der Waals surface area contributed by atoms with Gasteiger partial charge in [-0.2, -0.15) is 0 Å². The van der Waals surface area contributed by atoms with Gasteiger partial charge in [0.05, 0.1) is 0 Å². The smallest absolute Gasteiger partial charge is 0.140 e. The molecule has 1 rings (SSSR count). The third-order valence-corrected chi connectivity index (χ3v) is 2.19. The number of carbonyl (C=O) groups excluding carboxylic acids is 1. The fourth-order valence-corrected chi connectivity index (χ4v) is 1.54. The zero-order valence-corrected chi connectivity index (χ0v) is 9.36. The number of carbonyl (C=O) groups is 1. The van der Waals surface area contributed by atoms with E-state index in [1.54, 1.807) is 6.20 Å². The Morgan fingerprint density at radius 1 is 1.53 bits per heavy atom. The summed E-state index contributed by atoms with van der Waals surface area (Å²) in [7, 11) is 0. The van der Waals surface area contributed by atoms with Crippen LogP contribution in [0.15, 0.2) is 24.4 Å². The predicted octanol–water partition coefficient (Wildman–Crippen LogP) is 1.58. The van der Waals surface area contributed by atoms with Gasteiger partial charge >= 0.3 is 0 Å². The summed E-state index contributed by atoms with van der Waals surface area (Å²) in [4.78, 5) is 15.7. The van der Waals surface area contributed by atoms with E-state index in [1.807, 2.05) is 32.0 Å². The number of ketones is 1. The van der Waals surface area contributed by atoms with Crippen molar-refractivity contribution in [2.24, 2.45) is 0 Å². The number of aromatic nitrogens is 1. The van der Waals surface area contributed by atoms with E-state index >= 15 is 0 Å². The lowest BCUT2D eigenvalue weighted by molar-refractivity contribution is -0.118. The van der Waals surface area contributed by atoms with Gasteiger partial charge in [-0.1, -0.05) is 13.0 Å². The fraction of sp³-hybridized carbons (Fsp3) is 0.500. The first-order valence-electron chi connectivity index (χ1n) is 5.37. The van der Waals surface area contributed by atoms with E-state index in [-0.39, 0.29) is 11.8 Å². The molecule has 1 atom stereocenters. The summed E-state index contributed by atoms with van der Waals surface area (Å²) < 4.78 is 0. The van der Waals surface area contributed by atoms with E-state index in [9.17, 15) is 4.79 Å². The van der Waals surface area contributed by atoms with Crippen LogP contribution in [0, 0.1) is 0 Å². The minimum Gasteiger partial charge on any atom is -0.314 e. The van der Waals surface area contributed by atoms with Gasteiger partial charge in [0.2, 0.25) is 0 Å². The third kappa shape index (κ3) is 4.70. The number of nitrogens with one attached hydrogen (secondary N) is 1. The van der Waals surface area contributed by atoms with E-state index in [0.29, 0.717) is 12.8 Å². The van der Waals surface area contributed by atoms with Crippen LogP contribution in [-0.4, -0.2) is 23.4 Å². The number of hydrogen-bond donors (Lipinski definition) is 1. The number of pyridine rings is 1. The van der Waals surface area contributed by atoms with Crippen LogP contribution in [0.1, 0.15) is 26.0 Å². The second-order valence-electron chi connectivity index (χ2n) is 3.70.